The minimum atomic E-state index is 0.621. The Balaban J connectivity index is 2.98. The van der Waals surface area contributed by atoms with Gasteiger partial charge in [0.2, 0.25) is 0 Å². The third kappa shape index (κ3) is 3.03. The number of hydrogen-bond acceptors (Lipinski definition) is 4. The molecular formula is C12H20N2O2. The van der Waals surface area contributed by atoms with Crippen molar-refractivity contribution < 1.29 is 9.47 Å². The maximum absolute atomic E-state index is 5.90. The predicted molar refractivity (Wildman–Crippen MR) is 66.2 cm³/mol. The van der Waals surface area contributed by atoms with E-state index in [4.69, 9.17) is 15.2 Å². The Kier molecular flexibility index (Phi) is 4.43. The van der Waals surface area contributed by atoms with E-state index in [2.05, 4.69) is 4.90 Å². The van der Waals surface area contributed by atoms with Gasteiger partial charge in [0.05, 0.1) is 19.9 Å². The number of hydrogen-bond donors (Lipinski definition) is 1. The third-order valence-corrected chi connectivity index (χ3v) is 2.44. The molecule has 90 valence electrons. The summed E-state index contributed by atoms with van der Waals surface area (Å²) >= 11 is 0. The largest absolute Gasteiger partial charge is 0.497 e. The van der Waals surface area contributed by atoms with Crippen molar-refractivity contribution >= 4 is 5.69 Å². The van der Waals surface area contributed by atoms with Crippen LogP contribution in [0.1, 0.15) is 5.56 Å². The van der Waals surface area contributed by atoms with Crippen molar-refractivity contribution in [2.75, 3.05) is 40.6 Å². The molecule has 0 saturated carbocycles. The first-order valence-electron chi connectivity index (χ1n) is 5.23. The van der Waals surface area contributed by atoms with Crippen LogP contribution in [-0.2, 0) is 6.42 Å². The zero-order valence-corrected chi connectivity index (χ0v) is 10.4. The van der Waals surface area contributed by atoms with Crippen LogP contribution >= 0.6 is 0 Å². The van der Waals surface area contributed by atoms with Gasteiger partial charge in [-0.2, -0.15) is 0 Å². The highest BCUT2D eigenvalue weighted by atomic mass is 16.5. The van der Waals surface area contributed by atoms with Crippen molar-refractivity contribution in [3.8, 4) is 11.5 Å². The predicted octanol–water partition coefficient (Wildman–Crippen LogP) is 1.39. The van der Waals surface area contributed by atoms with Crippen LogP contribution in [0.25, 0.3) is 0 Å². The van der Waals surface area contributed by atoms with Crippen molar-refractivity contribution in [2.24, 2.45) is 0 Å². The summed E-state index contributed by atoms with van der Waals surface area (Å²) in [6.45, 7) is 0.947. The molecule has 0 aromatic heterocycles. The Morgan fingerprint density at radius 2 is 1.88 bits per heavy atom. The molecule has 1 aromatic rings. The smallest absolute Gasteiger partial charge is 0.145 e. The summed E-state index contributed by atoms with van der Waals surface area (Å²) in [5, 5.41) is 0. The average molecular weight is 224 g/mol. The Hall–Kier alpha value is -1.42. The molecule has 0 amide bonds. The summed E-state index contributed by atoms with van der Waals surface area (Å²) in [6.07, 6.45) is 0.886. The fraction of sp³-hybridized carbons (Fsp3) is 0.500. The highest BCUT2D eigenvalue weighted by Gasteiger charge is 2.10. The van der Waals surface area contributed by atoms with E-state index in [-0.39, 0.29) is 0 Å². The maximum Gasteiger partial charge on any atom is 0.145 e. The van der Waals surface area contributed by atoms with Gasteiger partial charge >= 0.3 is 0 Å². The molecule has 0 bridgehead atoms. The zero-order valence-electron chi connectivity index (χ0n) is 10.4. The molecular weight excluding hydrogens is 204 g/mol. The van der Waals surface area contributed by atoms with Gasteiger partial charge in [0.1, 0.15) is 11.5 Å². The summed E-state index contributed by atoms with van der Waals surface area (Å²) in [7, 11) is 7.35. The van der Waals surface area contributed by atoms with E-state index in [0.717, 1.165) is 30.0 Å². The molecule has 4 heteroatoms. The van der Waals surface area contributed by atoms with Crippen molar-refractivity contribution in [1.29, 1.82) is 0 Å². The van der Waals surface area contributed by atoms with Gasteiger partial charge in [-0.05, 0) is 26.6 Å². The monoisotopic (exact) mass is 224 g/mol. The van der Waals surface area contributed by atoms with Crippen molar-refractivity contribution in [3.05, 3.63) is 17.7 Å². The summed E-state index contributed by atoms with van der Waals surface area (Å²) in [5.41, 5.74) is 7.59. The Bertz CT molecular complexity index is 351. The summed E-state index contributed by atoms with van der Waals surface area (Å²) in [4.78, 5) is 2.12. The van der Waals surface area contributed by atoms with Crippen LogP contribution in [0.15, 0.2) is 12.1 Å². The van der Waals surface area contributed by atoms with Gasteiger partial charge in [-0.15, -0.1) is 0 Å². The highest BCUT2D eigenvalue weighted by molar-refractivity contribution is 5.60. The molecule has 0 atom stereocenters. The first-order valence-corrected chi connectivity index (χ1v) is 5.23. The maximum atomic E-state index is 5.90. The second-order valence-electron chi connectivity index (χ2n) is 3.96. The van der Waals surface area contributed by atoms with Gasteiger partial charge in [-0.1, -0.05) is 0 Å². The average Bonchev–Trinajstić information content (AvgIpc) is 2.25. The summed E-state index contributed by atoms with van der Waals surface area (Å²) in [5.74, 6) is 1.52. The van der Waals surface area contributed by atoms with Crippen LogP contribution in [0.2, 0.25) is 0 Å². The molecule has 2 N–H and O–H groups in total. The fourth-order valence-corrected chi connectivity index (χ4v) is 1.58. The van der Waals surface area contributed by atoms with E-state index >= 15 is 0 Å². The van der Waals surface area contributed by atoms with Crippen LogP contribution in [-0.4, -0.2) is 39.8 Å². The van der Waals surface area contributed by atoms with E-state index < -0.39 is 0 Å². The fourth-order valence-electron chi connectivity index (χ4n) is 1.58. The van der Waals surface area contributed by atoms with Crippen LogP contribution < -0.4 is 15.2 Å². The molecule has 1 rings (SSSR count). The lowest BCUT2D eigenvalue weighted by atomic mass is 10.1. The van der Waals surface area contributed by atoms with Gasteiger partial charge < -0.3 is 20.1 Å². The van der Waals surface area contributed by atoms with Gasteiger partial charge in [-0.25, -0.2) is 0 Å². The van der Waals surface area contributed by atoms with Gasteiger partial charge in [0.15, 0.2) is 0 Å². The molecule has 4 nitrogen and oxygen atoms in total. The molecule has 1 aromatic carbocycles. The SMILES string of the molecule is COc1cc(N)c(OC)c(CCN(C)C)c1. The number of likely N-dealkylation sites (N-methyl/N-ethyl adjacent to an activating group) is 1. The summed E-state index contributed by atoms with van der Waals surface area (Å²) in [6, 6.07) is 3.75. The molecule has 0 aliphatic heterocycles. The van der Waals surface area contributed by atoms with E-state index in [0.29, 0.717) is 5.69 Å². The first kappa shape index (κ1) is 12.6. The van der Waals surface area contributed by atoms with Crippen molar-refractivity contribution in [3.63, 3.8) is 0 Å². The molecule has 0 aliphatic carbocycles. The Morgan fingerprint density at radius 3 is 2.38 bits per heavy atom. The molecule has 0 fully saturated rings. The minimum Gasteiger partial charge on any atom is -0.497 e. The number of nitrogens with zero attached hydrogens (tertiary/aromatic N) is 1. The lowest BCUT2D eigenvalue weighted by molar-refractivity contribution is 0.387. The number of nitrogens with two attached hydrogens (primary N) is 1. The first-order chi connectivity index (χ1) is 7.58. The Labute approximate surface area is 96.9 Å². The lowest BCUT2D eigenvalue weighted by Crippen LogP contribution is -2.15. The topological polar surface area (TPSA) is 47.7 Å². The second-order valence-corrected chi connectivity index (χ2v) is 3.96. The van der Waals surface area contributed by atoms with E-state index in [1.807, 2.05) is 20.2 Å². The number of anilines is 1. The van der Waals surface area contributed by atoms with Crippen molar-refractivity contribution in [1.82, 2.24) is 4.90 Å². The minimum absolute atomic E-state index is 0.621. The van der Waals surface area contributed by atoms with Crippen LogP contribution in [0.3, 0.4) is 0 Å². The second kappa shape index (κ2) is 5.61. The Morgan fingerprint density at radius 1 is 1.19 bits per heavy atom. The number of ether oxygens (including phenoxy) is 2. The molecule has 0 heterocycles. The van der Waals surface area contributed by atoms with E-state index in [1.54, 1.807) is 20.3 Å². The van der Waals surface area contributed by atoms with Gasteiger partial charge in [0, 0.05) is 18.2 Å². The number of benzene rings is 1. The van der Waals surface area contributed by atoms with Crippen LogP contribution in [0, 0.1) is 0 Å². The third-order valence-electron chi connectivity index (χ3n) is 2.44. The number of methoxy groups -OCH3 is 2. The molecule has 16 heavy (non-hydrogen) atoms. The summed E-state index contributed by atoms with van der Waals surface area (Å²) < 4.78 is 10.5. The quantitative estimate of drug-likeness (QED) is 0.768. The normalized spacial score (nSPS) is 10.6. The number of rotatable bonds is 5. The van der Waals surface area contributed by atoms with Crippen molar-refractivity contribution in [2.45, 2.75) is 6.42 Å². The molecule has 0 aliphatic rings. The van der Waals surface area contributed by atoms with E-state index in [9.17, 15) is 0 Å². The molecule has 0 spiro atoms. The highest BCUT2D eigenvalue weighted by Crippen LogP contribution is 2.31. The van der Waals surface area contributed by atoms with Gasteiger partial charge in [0.25, 0.3) is 0 Å². The van der Waals surface area contributed by atoms with Gasteiger partial charge in [-0.3, -0.25) is 0 Å². The number of nitrogen functional groups attached to an aromatic ring is 1. The van der Waals surface area contributed by atoms with E-state index in [1.165, 1.54) is 0 Å². The van der Waals surface area contributed by atoms with Crippen LogP contribution in [0.4, 0.5) is 5.69 Å². The standard InChI is InChI=1S/C12H20N2O2/c1-14(2)6-5-9-7-10(15-3)8-11(13)12(9)16-4/h7-8H,5-6,13H2,1-4H3. The molecule has 0 saturated heterocycles. The zero-order chi connectivity index (χ0) is 12.1. The lowest BCUT2D eigenvalue weighted by Gasteiger charge is -2.15. The molecule has 0 radical (unpaired) electrons. The molecule has 0 unspecified atom stereocenters. The van der Waals surface area contributed by atoms with Crippen LogP contribution in [0.5, 0.6) is 11.5 Å².